The van der Waals surface area contributed by atoms with Crippen LogP contribution in [0.3, 0.4) is 0 Å². The van der Waals surface area contributed by atoms with Crippen LogP contribution in [0.5, 0.6) is 0 Å². The van der Waals surface area contributed by atoms with Gasteiger partial charge in [-0.05, 0) is 68.7 Å². The SMILES string of the molecule is Cc1ccc(C)c(NC(=O)[C@@H](C)n2cnc3sc4c(c3c2=O)CC[C@@H](C)C4)c1. The van der Waals surface area contributed by atoms with Crippen molar-refractivity contribution in [3.05, 3.63) is 56.4 Å². The lowest BCUT2D eigenvalue weighted by Gasteiger charge is -2.18. The van der Waals surface area contributed by atoms with E-state index in [0.717, 1.165) is 46.5 Å². The summed E-state index contributed by atoms with van der Waals surface area (Å²) in [6.45, 7) is 7.94. The summed E-state index contributed by atoms with van der Waals surface area (Å²) in [5.74, 6) is 0.430. The molecule has 4 rings (SSSR count). The van der Waals surface area contributed by atoms with E-state index in [4.69, 9.17) is 0 Å². The number of hydrogen-bond donors (Lipinski definition) is 1. The molecule has 1 aromatic carbocycles. The number of anilines is 1. The topological polar surface area (TPSA) is 64.0 Å². The highest BCUT2D eigenvalue weighted by Gasteiger charge is 2.25. The maximum atomic E-state index is 13.2. The minimum absolute atomic E-state index is 0.110. The van der Waals surface area contributed by atoms with E-state index < -0.39 is 6.04 Å². The Bertz CT molecular complexity index is 1130. The van der Waals surface area contributed by atoms with E-state index in [1.54, 1.807) is 18.3 Å². The molecule has 0 saturated carbocycles. The highest BCUT2D eigenvalue weighted by molar-refractivity contribution is 7.18. The Morgan fingerprint density at radius 3 is 2.93 bits per heavy atom. The number of rotatable bonds is 3. The number of carbonyl (C=O) groups is 1. The number of nitrogens with one attached hydrogen (secondary N) is 1. The Hall–Kier alpha value is -2.47. The van der Waals surface area contributed by atoms with Crippen molar-refractivity contribution in [1.29, 1.82) is 0 Å². The smallest absolute Gasteiger partial charge is 0.263 e. The Morgan fingerprint density at radius 2 is 2.14 bits per heavy atom. The van der Waals surface area contributed by atoms with Gasteiger partial charge in [0.2, 0.25) is 5.91 Å². The van der Waals surface area contributed by atoms with Crippen LogP contribution in [0.25, 0.3) is 10.2 Å². The van der Waals surface area contributed by atoms with Gasteiger partial charge in [-0.3, -0.25) is 14.2 Å². The molecule has 0 aliphatic heterocycles. The molecule has 0 fully saturated rings. The predicted molar refractivity (Wildman–Crippen MR) is 114 cm³/mol. The zero-order valence-electron chi connectivity index (χ0n) is 16.7. The first-order valence-electron chi connectivity index (χ1n) is 9.74. The van der Waals surface area contributed by atoms with E-state index in [9.17, 15) is 9.59 Å². The molecule has 6 heteroatoms. The number of fused-ring (bicyclic) bond motifs is 3. The number of benzene rings is 1. The van der Waals surface area contributed by atoms with Crippen molar-refractivity contribution in [2.75, 3.05) is 5.32 Å². The molecule has 0 radical (unpaired) electrons. The molecule has 0 saturated heterocycles. The Morgan fingerprint density at radius 1 is 1.36 bits per heavy atom. The van der Waals surface area contributed by atoms with Crippen molar-refractivity contribution < 1.29 is 4.79 Å². The van der Waals surface area contributed by atoms with Gasteiger partial charge in [-0.2, -0.15) is 0 Å². The lowest BCUT2D eigenvalue weighted by molar-refractivity contribution is -0.118. The van der Waals surface area contributed by atoms with Crippen LogP contribution in [0.1, 0.15) is 47.9 Å². The minimum Gasteiger partial charge on any atom is -0.324 e. The lowest BCUT2D eigenvalue weighted by Crippen LogP contribution is -2.32. The summed E-state index contributed by atoms with van der Waals surface area (Å²) in [5.41, 5.74) is 3.88. The molecule has 1 aliphatic carbocycles. The van der Waals surface area contributed by atoms with Crippen LogP contribution < -0.4 is 10.9 Å². The number of hydrogen-bond acceptors (Lipinski definition) is 4. The fourth-order valence-electron chi connectivity index (χ4n) is 3.85. The van der Waals surface area contributed by atoms with Crippen molar-refractivity contribution in [3.63, 3.8) is 0 Å². The molecule has 1 aliphatic rings. The molecule has 2 atom stereocenters. The molecule has 0 unspecified atom stereocenters. The number of aryl methyl sites for hydroxylation is 3. The second-order valence-corrected chi connectivity index (χ2v) is 9.06. The fraction of sp³-hybridized carbons (Fsp3) is 0.409. The maximum Gasteiger partial charge on any atom is 0.263 e. The van der Waals surface area contributed by atoms with Gasteiger partial charge in [-0.25, -0.2) is 4.98 Å². The zero-order chi connectivity index (χ0) is 20.0. The largest absolute Gasteiger partial charge is 0.324 e. The molecule has 5 nitrogen and oxygen atoms in total. The van der Waals surface area contributed by atoms with Crippen LogP contribution in [0, 0.1) is 19.8 Å². The Balaban J connectivity index is 1.68. The average molecular weight is 396 g/mol. The van der Waals surface area contributed by atoms with Gasteiger partial charge in [0.05, 0.1) is 11.7 Å². The summed E-state index contributed by atoms with van der Waals surface area (Å²) in [5, 5.41) is 3.67. The molecular formula is C22H25N3O2S. The van der Waals surface area contributed by atoms with Gasteiger partial charge in [-0.1, -0.05) is 19.1 Å². The van der Waals surface area contributed by atoms with Crippen LogP contribution in [-0.4, -0.2) is 15.5 Å². The number of carbonyl (C=O) groups excluding carboxylic acids is 1. The summed E-state index contributed by atoms with van der Waals surface area (Å²) >= 11 is 1.63. The summed E-state index contributed by atoms with van der Waals surface area (Å²) in [7, 11) is 0. The van der Waals surface area contributed by atoms with Gasteiger partial charge in [0, 0.05) is 10.6 Å². The number of nitrogens with zero attached hydrogens (tertiary/aromatic N) is 2. The Labute approximate surface area is 168 Å². The Kier molecular flexibility index (Phi) is 4.83. The van der Waals surface area contributed by atoms with Gasteiger partial charge >= 0.3 is 0 Å². The maximum absolute atomic E-state index is 13.2. The zero-order valence-corrected chi connectivity index (χ0v) is 17.5. The van der Waals surface area contributed by atoms with Gasteiger partial charge in [-0.15, -0.1) is 11.3 Å². The third-order valence-electron chi connectivity index (χ3n) is 5.69. The van der Waals surface area contributed by atoms with E-state index in [1.165, 1.54) is 15.8 Å². The standard InChI is InChI=1S/C22H25N3O2S/c1-12-5-7-14(3)17(9-12)24-20(26)15(4)25-11-23-21-19(22(25)27)16-8-6-13(2)10-18(16)28-21/h5,7,9,11,13,15H,6,8,10H2,1-4H3,(H,24,26)/t13-,15-/m1/s1. The monoisotopic (exact) mass is 395 g/mol. The van der Waals surface area contributed by atoms with Crippen LogP contribution in [-0.2, 0) is 17.6 Å². The highest BCUT2D eigenvalue weighted by atomic mass is 32.1. The molecule has 1 N–H and O–H groups in total. The van der Waals surface area contributed by atoms with E-state index in [-0.39, 0.29) is 11.5 Å². The third kappa shape index (κ3) is 3.26. The molecule has 0 spiro atoms. The van der Waals surface area contributed by atoms with Crippen molar-refractivity contribution in [1.82, 2.24) is 9.55 Å². The van der Waals surface area contributed by atoms with Crippen LogP contribution >= 0.6 is 11.3 Å². The second-order valence-electron chi connectivity index (χ2n) is 7.97. The van der Waals surface area contributed by atoms with Crippen LogP contribution in [0.2, 0.25) is 0 Å². The lowest BCUT2D eigenvalue weighted by atomic mass is 9.89. The first-order valence-corrected chi connectivity index (χ1v) is 10.6. The molecule has 146 valence electrons. The molecule has 1 amide bonds. The number of amides is 1. The molecular weight excluding hydrogens is 370 g/mol. The van der Waals surface area contributed by atoms with Gasteiger partial charge in [0.1, 0.15) is 10.9 Å². The van der Waals surface area contributed by atoms with Gasteiger partial charge in [0.25, 0.3) is 5.56 Å². The number of aromatic nitrogens is 2. The highest BCUT2D eigenvalue weighted by Crippen LogP contribution is 2.35. The second kappa shape index (κ2) is 7.17. The first kappa shape index (κ1) is 18.9. The van der Waals surface area contributed by atoms with Crippen molar-refractivity contribution in [3.8, 4) is 0 Å². The summed E-state index contributed by atoms with van der Waals surface area (Å²) in [6.07, 6.45) is 4.54. The quantitative estimate of drug-likeness (QED) is 0.715. The molecule has 2 aromatic heterocycles. The van der Waals surface area contributed by atoms with Gasteiger partial charge < -0.3 is 5.32 Å². The van der Waals surface area contributed by atoms with Crippen molar-refractivity contribution >= 4 is 33.1 Å². The molecule has 0 bridgehead atoms. The predicted octanol–water partition coefficient (Wildman–Crippen LogP) is 4.40. The van der Waals surface area contributed by atoms with Crippen LogP contribution in [0.4, 0.5) is 5.69 Å². The molecule has 28 heavy (non-hydrogen) atoms. The first-order chi connectivity index (χ1) is 13.3. The average Bonchev–Trinajstić information content (AvgIpc) is 3.02. The summed E-state index contributed by atoms with van der Waals surface area (Å²) in [6, 6.07) is 5.30. The summed E-state index contributed by atoms with van der Waals surface area (Å²) in [4.78, 5) is 32.6. The summed E-state index contributed by atoms with van der Waals surface area (Å²) < 4.78 is 1.47. The fourth-order valence-corrected chi connectivity index (χ4v) is 5.19. The van der Waals surface area contributed by atoms with Crippen molar-refractivity contribution in [2.24, 2.45) is 5.92 Å². The minimum atomic E-state index is -0.637. The normalized spacial score (nSPS) is 17.4. The molecule has 3 aromatic rings. The van der Waals surface area contributed by atoms with E-state index in [0.29, 0.717) is 11.3 Å². The number of thiophene rings is 1. The van der Waals surface area contributed by atoms with Gasteiger partial charge in [0.15, 0.2) is 0 Å². The van der Waals surface area contributed by atoms with E-state index in [1.807, 2.05) is 32.0 Å². The third-order valence-corrected chi connectivity index (χ3v) is 6.85. The van der Waals surface area contributed by atoms with E-state index in [2.05, 4.69) is 17.2 Å². The molecule has 2 heterocycles. The van der Waals surface area contributed by atoms with Crippen LogP contribution in [0.15, 0.2) is 29.3 Å². The van der Waals surface area contributed by atoms with E-state index >= 15 is 0 Å². The van der Waals surface area contributed by atoms with Crippen molar-refractivity contribution in [2.45, 2.75) is 53.0 Å².